The van der Waals surface area contributed by atoms with E-state index < -0.39 is 0 Å². The number of carbonyl (C=O) groups is 1. The summed E-state index contributed by atoms with van der Waals surface area (Å²) in [4.78, 5) is 19.0. The van der Waals surface area contributed by atoms with Gasteiger partial charge in [-0.3, -0.25) is 4.79 Å². The lowest BCUT2D eigenvalue weighted by atomic mass is 10.2. The molecule has 3 rings (SSSR count). The molecule has 4 nitrogen and oxygen atoms in total. The van der Waals surface area contributed by atoms with Crippen LogP contribution in [0.3, 0.4) is 0 Å². The van der Waals surface area contributed by atoms with Crippen LogP contribution in [0.1, 0.15) is 19.4 Å². The predicted octanol–water partition coefficient (Wildman–Crippen LogP) is 3.42. The van der Waals surface area contributed by atoms with Crippen LogP contribution in [0.25, 0.3) is 6.08 Å². The Balaban J connectivity index is 1.78. The average molecular weight is 337 g/mol. The van der Waals surface area contributed by atoms with Crippen molar-refractivity contribution in [3.63, 3.8) is 0 Å². The summed E-state index contributed by atoms with van der Waals surface area (Å²) >= 11 is 7.55. The maximum atomic E-state index is 12.1. The van der Waals surface area contributed by atoms with Gasteiger partial charge < -0.3 is 9.64 Å². The van der Waals surface area contributed by atoms with Gasteiger partial charge in [0, 0.05) is 18.1 Å². The molecule has 0 N–H and O–H groups in total. The Hall–Kier alpha value is -1.30. The third kappa shape index (κ3) is 3.37. The third-order valence-electron chi connectivity index (χ3n) is 3.49. The first-order valence-electron chi connectivity index (χ1n) is 7.20. The highest BCUT2D eigenvalue weighted by Gasteiger charge is 2.31. The molecule has 0 spiro atoms. The van der Waals surface area contributed by atoms with E-state index in [0.29, 0.717) is 9.93 Å². The Kier molecular flexibility index (Phi) is 4.57. The molecular formula is C16H17ClN2O2S. The molecule has 0 bridgehead atoms. The predicted molar refractivity (Wildman–Crippen MR) is 91.0 cm³/mol. The number of ether oxygens (including phenoxy) is 1. The highest BCUT2D eigenvalue weighted by atomic mass is 35.5. The van der Waals surface area contributed by atoms with Crippen LogP contribution in [0.2, 0.25) is 5.02 Å². The van der Waals surface area contributed by atoms with Gasteiger partial charge in [-0.2, -0.15) is 4.99 Å². The SMILES string of the molecule is C[C@H]1CN(C2=NC(=O)/C(=C/c3ccccc3Cl)S2)C[C@H](C)O1. The van der Waals surface area contributed by atoms with E-state index in [-0.39, 0.29) is 18.1 Å². The van der Waals surface area contributed by atoms with Crippen LogP contribution in [-0.4, -0.2) is 41.3 Å². The van der Waals surface area contributed by atoms with Crippen molar-refractivity contribution in [3.8, 4) is 0 Å². The monoisotopic (exact) mass is 336 g/mol. The van der Waals surface area contributed by atoms with Gasteiger partial charge in [-0.25, -0.2) is 0 Å². The minimum atomic E-state index is -0.202. The van der Waals surface area contributed by atoms with Crippen molar-refractivity contribution in [1.29, 1.82) is 0 Å². The summed E-state index contributed by atoms with van der Waals surface area (Å²) in [5, 5.41) is 1.38. The van der Waals surface area contributed by atoms with E-state index in [1.807, 2.05) is 38.1 Å². The highest BCUT2D eigenvalue weighted by Crippen LogP contribution is 2.32. The molecule has 22 heavy (non-hydrogen) atoms. The fourth-order valence-corrected chi connectivity index (χ4v) is 3.71. The summed E-state index contributed by atoms with van der Waals surface area (Å²) in [6.07, 6.45) is 2.08. The molecule has 2 aliphatic heterocycles. The number of nitrogens with zero attached hydrogens (tertiary/aromatic N) is 2. The van der Waals surface area contributed by atoms with Gasteiger partial charge in [0.1, 0.15) is 0 Å². The zero-order chi connectivity index (χ0) is 15.7. The van der Waals surface area contributed by atoms with Crippen molar-refractivity contribution in [2.24, 2.45) is 4.99 Å². The Morgan fingerprint density at radius 2 is 2.00 bits per heavy atom. The maximum absolute atomic E-state index is 12.1. The second-order valence-corrected chi connectivity index (χ2v) is 6.91. The van der Waals surface area contributed by atoms with Crippen molar-refractivity contribution >= 4 is 40.5 Å². The molecule has 1 aromatic carbocycles. The number of hydrogen-bond acceptors (Lipinski definition) is 4. The number of morpholine rings is 1. The number of hydrogen-bond donors (Lipinski definition) is 0. The third-order valence-corrected chi connectivity index (χ3v) is 4.88. The fraction of sp³-hybridized carbons (Fsp3) is 0.375. The van der Waals surface area contributed by atoms with E-state index in [1.165, 1.54) is 11.8 Å². The van der Waals surface area contributed by atoms with Gasteiger partial charge in [-0.05, 0) is 43.3 Å². The Bertz CT molecular complexity index is 649. The van der Waals surface area contributed by atoms with Crippen LogP contribution in [0.5, 0.6) is 0 Å². The van der Waals surface area contributed by atoms with E-state index in [1.54, 1.807) is 6.08 Å². The Morgan fingerprint density at radius 1 is 1.32 bits per heavy atom. The van der Waals surface area contributed by atoms with Gasteiger partial charge in [0.2, 0.25) is 0 Å². The van der Waals surface area contributed by atoms with Crippen molar-refractivity contribution in [3.05, 3.63) is 39.8 Å². The zero-order valence-corrected chi connectivity index (χ0v) is 14.0. The number of halogens is 1. The quantitative estimate of drug-likeness (QED) is 0.737. The van der Waals surface area contributed by atoms with Crippen LogP contribution in [0, 0.1) is 0 Å². The first-order chi connectivity index (χ1) is 10.5. The molecule has 2 aliphatic rings. The molecule has 0 aliphatic carbocycles. The maximum Gasteiger partial charge on any atom is 0.286 e. The topological polar surface area (TPSA) is 41.9 Å². The van der Waals surface area contributed by atoms with E-state index >= 15 is 0 Å². The van der Waals surface area contributed by atoms with Crippen molar-refractivity contribution < 1.29 is 9.53 Å². The second kappa shape index (κ2) is 6.44. The van der Waals surface area contributed by atoms with Gasteiger partial charge in [-0.15, -0.1) is 0 Å². The van der Waals surface area contributed by atoms with E-state index in [0.717, 1.165) is 23.8 Å². The smallest absolute Gasteiger partial charge is 0.286 e. The molecule has 116 valence electrons. The zero-order valence-electron chi connectivity index (χ0n) is 12.5. The molecule has 2 heterocycles. The number of thioether (sulfide) groups is 1. The van der Waals surface area contributed by atoms with Crippen LogP contribution in [0.4, 0.5) is 0 Å². The van der Waals surface area contributed by atoms with E-state index in [4.69, 9.17) is 16.3 Å². The molecule has 1 saturated heterocycles. The molecule has 6 heteroatoms. The minimum Gasteiger partial charge on any atom is -0.372 e. The van der Waals surface area contributed by atoms with Crippen LogP contribution in [0.15, 0.2) is 34.2 Å². The molecule has 1 amide bonds. The van der Waals surface area contributed by atoms with Crippen molar-refractivity contribution in [2.75, 3.05) is 13.1 Å². The van der Waals surface area contributed by atoms with Crippen molar-refractivity contribution in [1.82, 2.24) is 4.90 Å². The second-order valence-electron chi connectivity index (χ2n) is 5.49. The van der Waals surface area contributed by atoms with Gasteiger partial charge in [-0.1, -0.05) is 29.8 Å². The van der Waals surface area contributed by atoms with Crippen LogP contribution >= 0.6 is 23.4 Å². The molecule has 2 atom stereocenters. The fourth-order valence-electron chi connectivity index (χ4n) is 2.60. The lowest BCUT2D eigenvalue weighted by Crippen LogP contribution is -2.47. The van der Waals surface area contributed by atoms with E-state index in [9.17, 15) is 4.79 Å². The van der Waals surface area contributed by atoms with E-state index in [2.05, 4.69) is 9.89 Å². The van der Waals surface area contributed by atoms with Crippen LogP contribution < -0.4 is 0 Å². The summed E-state index contributed by atoms with van der Waals surface area (Å²) < 4.78 is 5.72. The first-order valence-corrected chi connectivity index (χ1v) is 8.40. The number of aliphatic imine (C=N–C) groups is 1. The summed E-state index contributed by atoms with van der Waals surface area (Å²) in [6, 6.07) is 7.47. The van der Waals surface area contributed by atoms with Crippen molar-refractivity contribution in [2.45, 2.75) is 26.1 Å². The highest BCUT2D eigenvalue weighted by molar-refractivity contribution is 8.18. The molecule has 0 unspecified atom stereocenters. The van der Waals surface area contributed by atoms with Gasteiger partial charge in [0.25, 0.3) is 5.91 Å². The Morgan fingerprint density at radius 3 is 2.68 bits per heavy atom. The average Bonchev–Trinajstić information content (AvgIpc) is 2.82. The lowest BCUT2D eigenvalue weighted by molar-refractivity contribution is -0.113. The Labute approximate surface area is 139 Å². The molecule has 0 radical (unpaired) electrons. The number of amides is 1. The number of amidine groups is 1. The summed E-state index contributed by atoms with van der Waals surface area (Å²) in [7, 11) is 0. The summed E-state index contributed by atoms with van der Waals surface area (Å²) in [5.41, 5.74) is 0.834. The summed E-state index contributed by atoms with van der Waals surface area (Å²) in [5.74, 6) is -0.202. The number of benzene rings is 1. The number of carbonyl (C=O) groups excluding carboxylic acids is 1. The van der Waals surface area contributed by atoms with Gasteiger partial charge >= 0.3 is 0 Å². The minimum absolute atomic E-state index is 0.138. The van der Waals surface area contributed by atoms with Crippen LogP contribution in [-0.2, 0) is 9.53 Å². The largest absolute Gasteiger partial charge is 0.372 e. The summed E-state index contributed by atoms with van der Waals surface area (Å²) in [6.45, 7) is 5.57. The molecule has 1 fully saturated rings. The lowest BCUT2D eigenvalue weighted by Gasteiger charge is -2.35. The van der Waals surface area contributed by atoms with Gasteiger partial charge in [0.15, 0.2) is 5.17 Å². The molecule has 1 aromatic rings. The first kappa shape index (κ1) is 15.6. The molecule has 0 saturated carbocycles. The number of rotatable bonds is 1. The normalized spacial score (nSPS) is 27.4. The standard InChI is InChI=1S/C16H17ClN2O2S/c1-10-8-19(9-11(2)21-10)16-18-15(20)14(22-16)7-12-5-3-4-6-13(12)17/h3-7,10-11H,8-9H2,1-2H3/b14-7-/t10-,11-/m0/s1. The van der Waals surface area contributed by atoms with Gasteiger partial charge in [0.05, 0.1) is 17.1 Å². The molecular weight excluding hydrogens is 320 g/mol. The molecule has 0 aromatic heterocycles.